The van der Waals surface area contributed by atoms with E-state index in [4.69, 9.17) is 5.73 Å². The molecular weight excluding hydrogens is 1020 g/mol. The van der Waals surface area contributed by atoms with Crippen molar-refractivity contribution < 1.29 is 92.7 Å². The van der Waals surface area contributed by atoms with E-state index in [0.717, 1.165) is 13.8 Å². The van der Waals surface area contributed by atoms with E-state index in [1.165, 1.54) is 0 Å². The minimum absolute atomic E-state index is 0.0579. The quantitative estimate of drug-likeness (QED) is 0.0307. The molecule has 0 radical (unpaired) electrons. The maximum atomic E-state index is 13.7. The Morgan fingerprint density at radius 2 is 0.857 bits per heavy atom. The molecule has 0 aliphatic carbocycles. The zero-order valence-corrected chi connectivity index (χ0v) is 43.5. The summed E-state index contributed by atoms with van der Waals surface area (Å²) in [7, 11) is 0. The van der Waals surface area contributed by atoms with Crippen LogP contribution in [0.5, 0.6) is 0 Å². The van der Waals surface area contributed by atoms with E-state index in [2.05, 4.69) is 47.9 Å². The summed E-state index contributed by atoms with van der Waals surface area (Å²) in [6.45, 7) is 8.13. The van der Waals surface area contributed by atoms with Gasteiger partial charge < -0.3 is 79.1 Å². The average molecular weight is 1090 g/mol. The molecule has 0 aliphatic rings. The predicted molar refractivity (Wildman–Crippen MR) is 267 cm³/mol. The highest BCUT2D eigenvalue weighted by Gasteiger charge is 2.36. The maximum Gasteiger partial charge on any atom is 0.305 e. The van der Waals surface area contributed by atoms with Crippen LogP contribution in [0, 0.1) is 11.8 Å². The minimum atomic E-state index is -1.97. The lowest BCUT2D eigenvalue weighted by molar-refractivity contribution is -0.142. The molecule has 0 aromatic heterocycles. The maximum absolute atomic E-state index is 13.7. The predicted octanol–water partition coefficient (Wildman–Crippen LogP) is -3.73. The first-order chi connectivity index (χ1) is 35.9. The molecule has 0 bridgehead atoms. The Morgan fingerprint density at radius 3 is 1.29 bits per heavy atom. The number of nitrogens with one attached hydrogen (secondary N) is 9. The van der Waals surface area contributed by atoms with Crippen molar-refractivity contribution in [3.8, 4) is 0 Å². The Morgan fingerprint density at radius 1 is 0.468 bits per heavy atom. The molecule has 29 nitrogen and oxygen atoms in total. The van der Waals surface area contributed by atoms with Gasteiger partial charge in [0.1, 0.15) is 48.3 Å². The van der Waals surface area contributed by atoms with E-state index < -0.39 is 189 Å². The second-order valence-electron chi connectivity index (χ2n) is 18.9. The van der Waals surface area contributed by atoms with Gasteiger partial charge >= 0.3 is 23.9 Å². The van der Waals surface area contributed by atoms with Crippen molar-refractivity contribution in [3.63, 3.8) is 0 Å². The smallest absolute Gasteiger partial charge is 0.305 e. The number of rotatable bonds is 36. The average Bonchev–Trinajstić information content (AvgIpc) is 3.31. The van der Waals surface area contributed by atoms with Gasteiger partial charge in [-0.3, -0.25) is 67.1 Å². The molecule has 10 amide bonds. The number of amides is 10. The molecule has 1 rings (SSSR count). The lowest BCUT2D eigenvalue weighted by Gasteiger charge is -2.27. The van der Waals surface area contributed by atoms with Crippen LogP contribution < -0.4 is 53.6 Å². The molecule has 0 heterocycles. The fraction of sp³-hybridized carbons (Fsp3) is 0.583. The third kappa shape index (κ3) is 27.2. The monoisotopic (exact) mass is 1090 g/mol. The van der Waals surface area contributed by atoms with Crippen LogP contribution in [-0.2, 0) is 73.5 Å². The van der Waals surface area contributed by atoms with E-state index in [9.17, 15) is 92.7 Å². The van der Waals surface area contributed by atoms with Gasteiger partial charge in [-0.25, -0.2) is 0 Å². The van der Waals surface area contributed by atoms with Crippen molar-refractivity contribution in [2.24, 2.45) is 17.6 Å². The van der Waals surface area contributed by atoms with Gasteiger partial charge in [0, 0.05) is 32.6 Å². The molecule has 9 atom stereocenters. The van der Waals surface area contributed by atoms with Crippen LogP contribution in [-0.4, -0.2) is 169 Å². The largest absolute Gasteiger partial charge is 0.481 e. The van der Waals surface area contributed by atoms with Gasteiger partial charge in [-0.05, 0) is 56.4 Å². The molecule has 16 N–H and O–H groups in total. The Hall–Kier alpha value is -8.24. The summed E-state index contributed by atoms with van der Waals surface area (Å²) in [4.78, 5) is 179. The minimum Gasteiger partial charge on any atom is -0.481 e. The van der Waals surface area contributed by atoms with Gasteiger partial charge in [0.05, 0.1) is 19.1 Å². The van der Waals surface area contributed by atoms with Crippen molar-refractivity contribution in [3.05, 3.63) is 35.9 Å². The van der Waals surface area contributed by atoms with Gasteiger partial charge in [0.25, 0.3) is 0 Å². The normalized spacial score (nSPS) is 14.5. The first-order valence-corrected chi connectivity index (χ1v) is 24.4. The van der Waals surface area contributed by atoms with Gasteiger partial charge in [0.15, 0.2) is 0 Å². The molecule has 428 valence electrons. The van der Waals surface area contributed by atoms with Crippen molar-refractivity contribution >= 4 is 82.9 Å². The summed E-state index contributed by atoms with van der Waals surface area (Å²) in [6.07, 6.45) is -7.06. The second-order valence-corrected chi connectivity index (χ2v) is 18.9. The van der Waals surface area contributed by atoms with Crippen LogP contribution in [0.15, 0.2) is 30.3 Å². The molecule has 1 unspecified atom stereocenters. The lowest BCUT2D eigenvalue weighted by Crippen LogP contribution is -2.61. The number of carbonyl (C=O) groups is 14. The summed E-state index contributed by atoms with van der Waals surface area (Å²) in [5.74, 6) is -16.9. The van der Waals surface area contributed by atoms with Gasteiger partial charge in [-0.1, -0.05) is 58.0 Å². The number of carbonyl (C=O) groups excluding carboxylic acids is 10. The Balaban J connectivity index is 3.37. The summed E-state index contributed by atoms with van der Waals surface area (Å²) in [5.41, 5.74) is 6.07. The number of aliphatic hydroxyl groups excluding tert-OH is 1. The lowest BCUT2D eigenvalue weighted by atomic mass is 10.0. The number of aliphatic carboxylic acids is 4. The molecule has 77 heavy (non-hydrogen) atoms. The molecular formula is C48H72N10O19. The van der Waals surface area contributed by atoms with Crippen molar-refractivity contribution in [2.45, 2.75) is 160 Å². The standard InChI is InChI=1S/C48H72N10O19/c1-23(2)18-31(41(49)70)55-46(75)33(20-27-10-8-7-9-11-27)56-42(71)28(12-15-36(62)63)52-35(61)22-50-48(77)40(25(5)59)58-44(73)30(14-17-38(66)67)53-43(72)29(13-16-37(64)65)54-47(76)34(21-39(68)69)57-45(74)32(19-24(3)4)51-26(6)60/h7-11,23-25,28-34,40,59H,12-22H2,1-6H3,(H2,49,70)(H,50,77)(H,51,60)(H,52,61)(H,53,72)(H,54,76)(H,55,75)(H,56,71)(H,57,74)(H,58,73)(H,62,63)(H,64,65)(H,66,67)(H,68,69)/t25-,28+,29+,30+,31+,32+,33+,34+,40?/m1/s1. The number of benzene rings is 1. The molecule has 0 fully saturated rings. The number of aliphatic hydroxyl groups is 1. The molecule has 0 spiro atoms. The summed E-state index contributed by atoms with van der Waals surface area (Å²) >= 11 is 0. The number of carboxylic acid groups (broad SMARTS) is 4. The van der Waals surface area contributed by atoms with E-state index in [0.29, 0.717) is 5.56 Å². The highest BCUT2D eigenvalue weighted by Crippen LogP contribution is 2.11. The Bertz CT molecular complexity index is 2280. The van der Waals surface area contributed by atoms with Gasteiger partial charge in [0.2, 0.25) is 59.1 Å². The van der Waals surface area contributed by atoms with E-state index in [1.807, 2.05) is 0 Å². The number of primary amides is 1. The van der Waals surface area contributed by atoms with Gasteiger partial charge in [-0.15, -0.1) is 0 Å². The molecule has 0 saturated heterocycles. The summed E-state index contributed by atoms with van der Waals surface area (Å²) in [6, 6.07) is -4.79. The zero-order chi connectivity index (χ0) is 58.7. The number of hydrogen-bond acceptors (Lipinski definition) is 15. The van der Waals surface area contributed by atoms with Crippen LogP contribution in [0.1, 0.15) is 105 Å². The van der Waals surface area contributed by atoms with E-state index in [-0.39, 0.29) is 31.1 Å². The van der Waals surface area contributed by atoms with Crippen LogP contribution in [0.25, 0.3) is 0 Å². The highest BCUT2D eigenvalue weighted by molar-refractivity contribution is 5.99. The van der Waals surface area contributed by atoms with Crippen molar-refractivity contribution in [1.82, 2.24) is 47.9 Å². The van der Waals surface area contributed by atoms with Crippen LogP contribution >= 0.6 is 0 Å². The highest BCUT2D eigenvalue weighted by atomic mass is 16.4. The molecule has 29 heteroatoms. The Kier molecular flexibility index (Phi) is 29.2. The SMILES string of the molecule is CC(=O)N[C@@H](CC(C)C)C(=O)N[C@@H](CC(=O)O)C(=O)N[C@@H](CCC(=O)O)C(=O)N[C@@H](CCC(=O)O)C(=O)NC(C(=O)NCC(=O)N[C@@H](CCC(=O)O)C(=O)N[C@@H](Cc1ccccc1)C(=O)N[C@@H](CC(C)C)C(N)=O)[C@@H](C)O. The van der Waals surface area contributed by atoms with Gasteiger partial charge in [-0.2, -0.15) is 0 Å². The van der Waals surface area contributed by atoms with E-state index in [1.54, 1.807) is 58.0 Å². The summed E-state index contributed by atoms with van der Waals surface area (Å²) < 4.78 is 0. The van der Waals surface area contributed by atoms with Crippen LogP contribution in [0.4, 0.5) is 0 Å². The fourth-order valence-electron chi connectivity index (χ4n) is 7.26. The molecule has 0 aliphatic heterocycles. The van der Waals surface area contributed by atoms with Crippen molar-refractivity contribution in [2.75, 3.05) is 6.54 Å². The van der Waals surface area contributed by atoms with Crippen molar-refractivity contribution in [1.29, 1.82) is 0 Å². The van der Waals surface area contributed by atoms with Crippen LogP contribution in [0.3, 0.4) is 0 Å². The molecule has 1 aromatic rings. The van der Waals surface area contributed by atoms with E-state index >= 15 is 0 Å². The number of hydrogen-bond donors (Lipinski definition) is 15. The third-order valence-corrected chi connectivity index (χ3v) is 11.0. The molecule has 1 aromatic carbocycles. The first-order valence-electron chi connectivity index (χ1n) is 24.4. The van der Waals surface area contributed by atoms with Crippen LogP contribution in [0.2, 0.25) is 0 Å². The number of nitrogens with two attached hydrogens (primary N) is 1. The zero-order valence-electron chi connectivity index (χ0n) is 43.5. The first kappa shape index (κ1) is 66.8. The Labute approximate surface area is 442 Å². The third-order valence-electron chi connectivity index (χ3n) is 11.0. The topological polar surface area (TPSA) is 474 Å². The second kappa shape index (κ2) is 33.6. The summed E-state index contributed by atoms with van der Waals surface area (Å²) in [5, 5.41) is 68.7. The number of carboxylic acids is 4. The fourth-order valence-corrected chi connectivity index (χ4v) is 7.26. The molecule has 0 saturated carbocycles.